The number of carbonyl (C=O) groups is 1. The van der Waals surface area contributed by atoms with Crippen LogP contribution in [0.5, 0.6) is 5.75 Å². The van der Waals surface area contributed by atoms with Crippen molar-refractivity contribution in [2.24, 2.45) is 0 Å². The summed E-state index contributed by atoms with van der Waals surface area (Å²) in [5, 5.41) is 4.63. The highest BCUT2D eigenvalue weighted by molar-refractivity contribution is 7.12. The van der Waals surface area contributed by atoms with E-state index in [9.17, 15) is 9.18 Å². The normalized spacial score (nSPS) is 10.8. The van der Waals surface area contributed by atoms with Gasteiger partial charge in [0.25, 0.3) is 5.91 Å². The Morgan fingerprint density at radius 1 is 1.45 bits per heavy atom. The molecule has 0 spiro atoms. The lowest BCUT2D eigenvalue weighted by Crippen LogP contribution is -2.25. The topological polar surface area (TPSA) is 67.0 Å². The molecule has 1 aromatic carbocycles. The van der Waals surface area contributed by atoms with E-state index in [4.69, 9.17) is 4.74 Å². The number of carbonyl (C=O) groups excluding carboxylic acids is 1. The Morgan fingerprint density at radius 2 is 2.32 bits per heavy atom. The molecule has 0 saturated carbocycles. The van der Waals surface area contributed by atoms with E-state index in [1.165, 1.54) is 30.6 Å². The Balaban J connectivity index is 1.61. The summed E-state index contributed by atoms with van der Waals surface area (Å²) in [6.45, 7) is 0.433. The Bertz CT molecular complexity index is 812. The zero-order chi connectivity index (χ0) is 15.5. The van der Waals surface area contributed by atoms with Crippen molar-refractivity contribution in [2.45, 2.75) is 6.42 Å². The second-order valence-electron chi connectivity index (χ2n) is 4.67. The predicted octanol–water partition coefficient (Wildman–Crippen LogP) is 2.74. The number of ether oxygens (including phenoxy) is 1. The highest BCUT2D eigenvalue weighted by Gasteiger charge is 2.13. The van der Waals surface area contributed by atoms with E-state index >= 15 is 0 Å². The molecule has 2 heterocycles. The maximum atomic E-state index is 13.1. The molecule has 0 aliphatic heterocycles. The fourth-order valence-corrected chi connectivity index (χ4v) is 2.93. The highest BCUT2D eigenvalue weighted by atomic mass is 32.1. The van der Waals surface area contributed by atoms with E-state index in [2.05, 4.69) is 15.3 Å². The Kier molecular flexibility index (Phi) is 4.06. The monoisotopic (exact) mass is 319 g/mol. The second kappa shape index (κ2) is 6.15. The van der Waals surface area contributed by atoms with Crippen molar-refractivity contribution in [1.82, 2.24) is 15.3 Å². The van der Waals surface area contributed by atoms with Gasteiger partial charge in [-0.15, -0.1) is 11.3 Å². The van der Waals surface area contributed by atoms with Gasteiger partial charge in [0.15, 0.2) is 0 Å². The SMILES string of the molecule is COc1ccsc1C(=O)NCCc1nc2ccc(F)cc2[nH]1. The number of hydrogen-bond acceptors (Lipinski definition) is 4. The van der Waals surface area contributed by atoms with Gasteiger partial charge >= 0.3 is 0 Å². The van der Waals surface area contributed by atoms with Gasteiger partial charge in [-0.1, -0.05) is 0 Å². The van der Waals surface area contributed by atoms with Gasteiger partial charge in [-0.05, 0) is 29.6 Å². The number of amides is 1. The number of imidazole rings is 1. The second-order valence-corrected chi connectivity index (χ2v) is 5.59. The smallest absolute Gasteiger partial charge is 0.265 e. The summed E-state index contributed by atoms with van der Waals surface area (Å²) in [7, 11) is 1.53. The fraction of sp³-hybridized carbons (Fsp3) is 0.200. The molecule has 0 unspecified atom stereocenters. The molecule has 5 nitrogen and oxygen atoms in total. The number of methoxy groups -OCH3 is 1. The summed E-state index contributed by atoms with van der Waals surface area (Å²) in [4.78, 5) is 20.0. The largest absolute Gasteiger partial charge is 0.495 e. The molecule has 0 aliphatic carbocycles. The molecule has 0 aliphatic rings. The van der Waals surface area contributed by atoms with Crippen LogP contribution in [0, 0.1) is 5.82 Å². The number of H-pyrrole nitrogens is 1. The minimum atomic E-state index is -0.305. The van der Waals surface area contributed by atoms with Gasteiger partial charge in [-0.2, -0.15) is 0 Å². The van der Waals surface area contributed by atoms with Crippen LogP contribution in [0.2, 0.25) is 0 Å². The van der Waals surface area contributed by atoms with Crippen molar-refractivity contribution < 1.29 is 13.9 Å². The van der Waals surface area contributed by atoms with Gasteiger partial charge < -0.3 is 15.0 Å². The first kappa shape index (κ1) is 14.5. The zero-order valence-corrected chi connectivity index (χ0v) is 12.7. The van der Waals surface area contributed by atoms with Crippen molar-refractivity contribution in [3.63, 3.8) is 0 Å². The number of hydrogen-bond donors (Lipinski definition) is 2. The number of thiophene rings is 1. The van der Waals surface area contributed by atoms with Crippen LogP contribution in [0.3, 0.4) is 0 Å². The third-order valence-electron chi connectivity index (χ3n) is 3.20. The van der Waals surface area contributed by atoms with Crippen LogP contribution < -0.4 is 10.1 Å². The molecule has 0 saturated heterocycles. The van der Waals surface area contributed by atoms with E-state index in [0.717, 1.165) is 0 Å². The first-order valence-electron chi connectivity index (χ1n) is 6.71. The number of nitrogens with one attached hydrogen (secondary N) is 2. The Hall–Kier alpha value is -2.41. The van der Waals surface area contributed by atoms with Gasteiger partial charge in [-0.25, -0.2) is 9.37 Å². The number of aromatic nitrogens is 2. The van der Waals surface area contributed by atoms with Gasteiger partial charge in [-0.3, -0.25) is 4.79 Å². The van der Waals surface area contributed by atoms with E-state index < -0.39 is 0 Å². The fourth-order valence-electron chi connectivity index (χ4n) is 2.15. The lowest BCUT2D eigenvalue weighted by molar-refractivity contribution is 0.0955. The molecule has 0 bridgehead atoms. The standard InChI is InChI=1S/C15H14FN3O2S/c1-21-12-5-7-22-14(12)15(20)17-6-4-13-18-10-3-2-9(16)8-11(10)19-13/h2-3,5,7-8H,4,6H2,1H3,(H,17,20)(H,18,19). The molecule has 3 rings (SSSR count). The summed E-state index contributed by atoms with van der Waals surface area (Å²) in [5.74, 6) is 0.801. The molecule has 2 aromatic heterocycles. The van der Waals surface area contributed by atoms with Crippen LogP contribution in [-0.2, 0) is 6.42 Å². The number of halogens is 1. The van der Waals surface area contributed by atoms with E-state index in [-0.39, 0.29) is 11.7 Å². The Labute approximate surface area is 130 Å². The molecule has 1 amide bonds. The van der Waals surface area contributed by atoms with Gasteiger partial charge in [0.2, 0.25) is 0 Å². The molecule has 0 atom stereocenters. The first-order chi connectivity index (χ1) is 10.7. The van der Waals surface area contributed by atoms with Crippen LogP contribution in [0.4, 0.5) is 4.39 Å². The number of benzene rings is 1. The van der Waals surface area contributed by atoms with Crippen molar-refractivity contribution in [2.75, 3.05) is 13.7 Å². The van der Waals surface area contributed by atoms with Crippen molar-refractivity contribution >= 4 is 28.3 Å². The molecule has 7 heteroatoms. The average Bonchev–Trinajstić information content (AvgIpc) is 3.12. The summed E-state index contributed by atoms with van der Waals surface area (Å²) >= 11 is 1.33. The molecule has 2 N–H and O–H groups in total. The molecule has 0 fully saturated rings. The van der Waals surface area contributed by atoms with Crippen molar-refractivity contribution in [1.29, 1.82) is 0 Å². The molecule has 3 aromatic rings. The minimum Gasteiger partial charge on any atom is -0.495 e. The van der Waals surface area contributed by atoms with Crippen LogP contribution >= 0.6 is 11.3 Å². The molecule has 22 heavy (non-hydrogen) atoms. The quantitative estimate of drug-likeness (QED) is 0.760. The van der Waals surface area contributed by atoms with Crippen molar-refractivity contribution in [3.05, 3.63) is 46.2 Å². The minimum absolute atomic E-state index is 0.172. The lowest BCUT2D eigenvalue weighted by atomic mass is 10.3. The molecular formula is C15H14FN3O2S. The van der Waals surface area contributed by atoms with Crippen LogP contribution in [0.1, 0.15) is 15.5 Å². The zero-order valence-electron chi connectivity index (χ0n) is 11.9. The first-order valence-corrected chi connectivity index (χ1v) is 7.59. The van der Waals surface area contributed by atoms with Crippen LogP contribution in [0.25, 0.3) is 11.0 Å². The maximum absolute atomic E-state index is 13.1. The predicted molar refractivity (Wildman–Crippen MR) is 83.0 cm³/mol. The number of fused-ring (bicyclic) bond motifs is 1. The van der Waals surface area contributed by atoms with Gasteiger partial charge in [0.1, 0.15) is 22.3 Å². The Morgan fingerprint density at radius 3 is 3.14 bits per heavy atom. The highest BCUT2D eigenvalue weighted by Crippen LogP contribution is 2.23. The van der Waals surface area contributed by atoms with E-state index in [0.29, 0.717) is 40.5 Å². The third kappa shape index (κ3) is 2.94. The molecule has 114 valence electrons. The summed E-state index contributed by atoms with van der Waals surface area (Å²) in [5.41, 5.74) is 1.36. The average molecular weight is 319 g/mol. The summed E-state index contributed by atoms with van der Waals surface area (Å²) in [6.07, 6.45) is 0.537. The molecular weight excluding hydrogens is 305 g/mol. The van der Waals surface area contributed by atoms with E-state index in [1.807, 2.05) is 5.38 Å². The maximum Gasteiger partial charge on any atom is 0.265 e. The van der Waals surface area contributed by atoms with Crippen molar-refractivity contribution in [3.8, 4) is 5.75 Å². The van der Waals surface area contributed by atoms with Gasteiger partial charge in [0.05, 0.1) is 18.1 Å². The van der Waals surface area contributed by atoms with Crippen LogP contribution in [-0.4, -0.2) is 29.5 Å². The third-order valence-corrected chi connectivity index (χ3v) is 4.09. The number of aromatic amines is 1. The van der Waals surface area contributed by atoms with Crippen LogP contribution in [0.15, 0.2) is 29.6 Å². The number of rotatable bonds is 5. The molecule has 0 radical (unpaired) electrons. The summed E-state index contributed by atoms with van der Waals surface area (Å²) in [6, 6.07) is 6.16. The van der Waals surface area contributed by atoms with E-state index in [1.54, 1.807) is 12.1 Å². The summed E-state index contributed by atoms with van der Waals surface area (Å²) < 4.78 is 18.2. The lowest BCUT2D eigenvalue weighted by Gasteiger charge is -2.04. The number of nitrogens with zero attached hydrogens (tertiary/aromatic N) is 1. The van der Waals surface area contributed by atoms with Gasteiger partial charge in [0, 0.05) is 13.0 Å².